The van der Waals surface area contributed by atoms with Gasteiger partial charge in [-0.2, -0.15) is 0 Å². The van der Waals surface area contributed by atoms with E-state index in [2.05, 4.69) is 31.7 Å². The third kappa shape index (κ3) is 2.32. The molecule has 106 valence electrons. The maximum absolute atomic E-state index is 11.8. The third-order valence-corrected chi connectivity index (χ3v) is 3.76. The van der Waals surface area contributed by atoms with Crippen molar-refractivity contribution in [2.75, 3.05) is 37.6 Å². The second-order valence-corrected chi connectivity index (χ2v) is 4.92. The van der Waals surface area contributed by atoms with Crippen LogP contribution in [-0.2, 0) is 0 Å². The number of hydrogen-bond donors (Lipinski definition) is 2. The Labute approximate surface area is 115 Å². The lowest BCUT2D eigenvalue weighted by atomic mass is 10.2. The maximum Gasteiger partial charge on any atom is 0.327 e. The second-order valence-electron chi connectivity index (χ2n) is 4.92. The summed E-state index contributed by atoms with van der Waals surface area (Å²) in [6.45, 7) is 7.07. The SMILES string of the molecule is CCN1CCN(c2cnc3[nH]c(=O)[nH]c(=O)c3c2)CC1. The van der Waals surface area contributed by atoms with Crippen LogP contribution in [-0.4, -0.2) is 52.6 Å². The molecule has 1 fully saturated rings. The topological polar surface area (TPSA) is 85.1 Å². The third-order valence-electron chi connectivity index (χ3n) is 3.76. The van der Waals surface area contributed by atoms with Gasteiger partial charge in [-0.1, -0.05) is 6.92 Å². The lowest BCUT2D eigenvalue weighted by Crippen LogP contribution is -2.46. The van der Waals surface area contributed by atoms with Crippen molar-refractivity contribution in [3.8, 4) is 0 Å². The Kier molecular flexibility index (Phi) is 3.27. The lowest BCUT2D eigenvalue weighted by Gasteiger charge is -2.35. The first-order chi connectivity index (χ1) is 9.67. The molecule has 3 rings (SSSR count). The van der Waals surface area contributed by atoms with Crippen LogP contribution >= 0.6 is 0 Å². The maximum atomic E-state index is 11.8. The molecular weight excluding hydrogens is 258 g/mol. The van der Waals surface area contributed by atoms with E-state index < -0.39 is 11.2 Å². The van der Waals surface area contributed by atoms with Gasteiger partial charge in [0.05, 0.1) is 17.3 Å². The lowest BCUT2D eigenvalue weighted by molar-refractivity contribution is 0.271. The zero-order valence-electron chi connectivity index (χ0n) is 11.3. The summed E-state index contributed by atoms with van der Waals surface area (Å²) in [7, 11) is 0. The highest BCUT2D eigenvalue weighted by molar-refractivity contribution is 5.77. The highest BCUT2D eigenvalue weighted by Gasteiger charge is 2.16. The minimum atomic E-state index is -0.528. The molecule has 0 atom stereocenters. The first-order valence-electron chi connectivity index (χ1n) is 6.77. The number of H-pyrrole nitrogens is 2. The molecule has 0 aromatic carbocycles. The largest absolute Gasteiger partial charge is 0.368 e. The zero-order valence-corrected chi connectivity index (χ0v) is 11.3. The van der Waals surface area contributed by atoms with E-state index in [0.29, 0.717) is 11.0 Å². The van der Waals surface area contributed by atoms with Gasteiger partial charge >= 0.3 is 5.69 Å². The monoisotopic (exact) mass is 275 g/mol. The van der Waals surface area contributed by atoms with Gasteiger partial charge in [0.1, 0.15) is 5.65 Å². The Balaban J connectivity index is 1.94. The molecule has 1 aliphatic heterocycles. The molecule has 0 saturated carbocycles. The molecule has 0 radical (unpaired) electrons. The number of nitrogens with zero attached hydrogens (tertiary/aromatic N) is 3. The zero-order chi connectivity index (χ0) is 14.1. The standard InChI is InChI=1S/C13H17N5O2/c1-2-17-3-5-18(6-4-17)9-7-10-11(14-8-9)15-13(20)16-12(10)19/h7-8H,2-6H2,1H3,(H2,14,15,16,19,20). The van der Waals surface area contributed by atoms with Crippen LogP contribution < -0.4 is 16.1 Å². The molecular formula is C13H17N5O2. The number of likely N-dealkylation sites (N-methyl/N-ethyl adjacent to an activating group) is 1. The number of nitrogens with one attached hydrogen (secondary N) is 2. The minimum Gasteiger partial charge on any atom is -0.368 e. The van der Waals surface area contributed by atoms with E-state index in [0.717, 1.165) is 38.4 Å². The molecule has 1 aliphatic rings. The fraction of sp³-hybridized carbons (Fsp3) is 0.462. The van der Waals surface area contributed by atoms with Crippen molar-refractivity contribution in [1.82, 2.24) is 19.9 Å². The second kappa shape index (κ2) is 5.09. The first-order valence-corrected chi connectivity index (χ1v) is 6.77. The van der Waals surface area contributed by atoms with Crippen LogP contribution in [0.5, 0.6) is 0 Å². The van der Waals surface area contributed by atoms with Gasteiger partial charge in [0.15, 0.2) is 0 Å². The molecule has 0 aliphatic carbocycles. The molecule has 20 heavy (non-hydrogen) atoms. The van der Waals surface area contributed by atoms with Crippen molar-refractivity contribution in [2.24, 2.45) is 0 Å². The van der Waals surface area contributed by atoms with Crippen LogP contribution in [0.1, 0.15) is 6.92 Å². The van der Waals surface area contributed by atoms with E-state index in [-0.39, 0.29) is 0 Å². The van der Waals surface area contributed by atoms with E-state index >= 15 is 0 Å². The Hall–Kier alpha value is -2.15. The van der Waals surface area contributed by atoms with E-state index in [1.807, 2.05) is 0 Å². The normalized spacial score (nSPS) is 16.8. The van der Waals surface area contributed by atoms with Crippen LogP contribution in [0.25, 0.3) is 11.0 Å². The van der Waals surface area contributed by atoms with Crippen molar-refractivity contribution < 1.29 is 0 Å². The van der Waals surface area contributed by atoms with Gasteiger partial charge in [-0.05, 0) is 12.6 Å². The first kappa shape index (κ1) is 12.9. The summed E-state index contributed by atoms with van der Waals surface area (Å²) in [4.78, 5) is 36.5. The molecule has 0 unspecified atom stereocenters. The van der Waals surface area contributed by atoms with E-state index in [1.165, 1.54) is 0 Å². The van der Waals surface area contributed by atoms with E-state index in [1.54, 1.807) is 12.3 Å². The quantitative estimate of drug-likeness (QED) is 0.789. The van der Waals surface area contributed by atoms with Gasteiger partial charge in [0.2, 0.25) is 0 Å². The van der Waals surface area contributed by atoms with Crippen LogP contribution in [0, 0.1) is 0 Å². The molecule has 3 heterocycles. The Bertz CT molecular complexity index is 727. The fourth-order valence-corrected chi connectivity index (χ4v) is 2.53. The average molecular weight is 275 g/mol. The van der Waals surface area contributed by atoms with Crippen LogP contribution in [0.15, 0.2) is 21.9 Å². The summed E-state index contributed by atoms with van der Waals surface area (Å²) in [6, 6.07) is 1.79. The molecule has 0 spiro atoms. The number of anilines is 1. The van der Waals surface area contributed by atoms with Gasteiger partial charge < -0.3 is 9.80 Å². The predicted molar refractivity (Wildman–Crippen MR) is 77.3 cm³/mol. The molecule has 0 amide bonds. The van der Waals surface area contributed by atoms with Crippen LogP contribution in [0.2, 0.25) is 0 Å². The summed E-state index contributed by atoms with van der Waals surface area (Å²) in [6.07, 6.45) is 1.71. The van der Waals surface area contributed by atoms with Crippen LogP contribution in [0.3, 0.4) is 0 Å². The highest BCUT2D eigenvalue weighted by Crippen LogP contribution is 2.17. The van der Waals surface area contributed by atoms with Gasteiger partial charge in [0, 0.05) is 26.2 Å². The van der Waals surface area contributed by atoms with Crippen molar-refractivity contribution >= 4 is 16.7 Å². The fourth-order valence-electron chi connectivity index (χ4n) is 2.53. The van der Waals surface area contributed by atoms with Crippen molar-refractivity contribution in [3.63, 3.8) is 0 Å². The minimum absolute atomic E-state index is 0.328. The molecule has 2 aromatic rings. The summed E-state index contributed by atoms with van der Waals surface area (Å²) in [5, 5.41) is 0.417. The number of fused-ring (bicyclic) bond motifs is 1. The molecule has 0 bridgehead atoms. The van der Waals surface area contributed by atoms with Gasteiger partial charge in [0.25, 0.3) is 5.56 Å². The van der Waals surface area contributed by atoms with Crippen LogP contribution in [0.4, 0.5) is 5.69 Å². The van der Waals surface area contributed by atoms with Crippen molar-refractivity contribution in [3.05, 3.63) is 33.1 Å². The average Bonchev–Trinajstić information content (AvgIpc) is 2.47. The summed E-state index contributed by atoms with van der Waals surface area (Å²) in [5.74, 6) is 0. The number of aromatic nitrogens is 3. The van der Waals surface area contributed by atoms with E-state index in [9.17, 15) is 9.59 Å². The highest BCUT2D eigenvalue weighted by atomic mass is 16.2. The van der Waals surface area contributed by atoms with Gasteiger partial charge in [-0.15, -0.1) is 0 Å². The molecule has 1 saturated heterocycles. The predicted octanol–water partition coefficient (Wildman–Crippen LogP) is -0.247. The number of pyridine rings is 1. The molecule has 7 heteroatoms. The molecule has 7 nitrogen and oxygen atoms in total. The van der Waals surface area contributed by atoms with Crippen molar-refractivity contribution in [2.45, 2.75) is 6.92 Å². The summed E-state index contributed by atoms with van der Waals surface area (Å²) < 4.78 is 0. The Morgan fingerprint density at radius 1 is 1.20 bits per heavy atom. The van der Waals surface area contributed by atoms with Gasteiger partial charge in [-0.25, -0.2) is 9.78 Å². The number of rotatable bonds is 2. The van der Waals surface area contributed by atoms with Crippen molar-refractivity contribution in [1.29, 1.82) is 0 Å². The molecule has 2 N–H and O–H groups in total. The Morgan fingerprint density at radius 3 is 2.65 bits per heavy atom. The Morgan fingerprint density at radius 2 is 1.95 bits per heavy atom. The summed E-state index contributed by atoms with van der Waals surface area (Å²) in [5.41, 5.74) is 0.324. The molecule has 2 aromatic heterocycles. The summed E-state index contributed by atoms with van der Waals surface area (Å²) >= 11 is 0. The number of hydrogen-bond acceptors (Lipinski definition) is 5. The smallest absolute Gasteiger partial charge is 0.327 e. The van der Waals surface area contributed by atoms with E-state index in [4.69, 9.17) is 0 Å². The number of aromatic amines is 2. The van der Waals surface area contributed by atoms with Gasteiger partial charge in [-0.3, -0.25) is 14.8 Å². The number of piperazine rings is 1.